The molecule has 0 fully saturated rings. The number of hydrogen-bond acceptors (Lipinski definition) is 1. The Hall–Kier alpha value is -0.300. The molecule has 10 heavy (non-hydrogen) atoms. The summed E-state index contributed by atoms with van der Waals surface area (Å²) in [6.07, 6.45) is 6.72. The van der Waals surface area contributed by atoms with E-state index in [1.54, 1.807) is 0 Å². The molecule has 0 radical (unpaired) electrons. The average molecular weight is 141 g/mol. The standard InChI is InChI=1S/C9H19N/c1-4-7-8-9(5-2)10-6-3/h4,7,9-10H,5-6,8H2,1-3H3. The van der Waals surface area contributed by atoms with Crippen molar-refractivity contribution in [2.45, 2.75) is 39.7 Å². The Labute approximate surface area is 64.5 Å². The number of rotatable bonds is 5. The lowest BCUT2D eigenvalue weighted by Crippen LogP contribution is -2.27. The van der Waals surface area contributed by atoms with Crippen LogP contribution in [-0.2, 0) is 0 Å². The van der Waals surface area contributed by atoms with Crippen LogP contribution in [0.4, 0.5) is 0 Å². The van der Waals surface area contributed by atoms with Crippen molar-refractivity contribution < 1.29 is 0 Å². The third-order valence-electron chi connectivity index (χ3n) is 1.64. The third-order valence-corrected chi connectivity index (χ3v) is 1.64. The highest BCUT2D eigenvalue weighted by Crippen LogP contribution is 1.97. The average Bonchev–Trinajstić information content (AvgIpc) is 1.98. The van der Waals surface area contributed by atoms with Crippen molar-refractivity contribution >= 4 is 0 Å². The SMILES string of the molecule is CC=CCC(CC)NCC. The zero-order valence-corrected chi connectivity index (χ0v) is 7.35. The van der Waals surface area contributed by atoms with Crippen molar-refractivity contribution in [2.75, 3.05) is 6.54 Å². The van der Waals surface area contributed by atoms with Gasteiger partial charge in [-0.05, 0) is 26.3 Å². The van der Waals surface area contributed by atoms with Crippen LogP contribution in [0.5, 0.6) is 0 Å². The summed E-state index contributed by atoms with van der Waals surface area (Å²) in [5, 5.41) is 3.42. The van der Waals surface area contributed by atoms with Crippen molar-refractivity contribution in [1.29, 1.82) is 0 Å². The molecule has 1 nitrogen and oxygen atoms in total. The first-order valence-corrected chi connectivity index (χ1v) is 4.19. The second-order valence-corrected chi connectivity index (χ2v) is 2.47. The summed E-state index contributed by atoms with van der Waals surface area (Å²) in [7, 11) is 0. The van der Waals surface area contributed by atoms with Crippen LogP contribution in [0.25, 0.3) is 0 Å². The lowest BCUT2D eigenvalue weighted by Gasteiger charge is -2.12. The van der Waals surface area contributed by atoms with E-state index in [-0.39, 0.29) is 0 Å². The van der Waals surface area contributed by atoms with Gasteiger partial charge in [0.05, 0.1) is 0 Å². The smallest absolute Gasteiger partial charge is 0.00988 e. The number of nitrogens with one attached hydrogen (secondary N) is 1. The molecule has 0 aliphatic carbocycles. The molecule has 1 atom stereocenters. The number of hydrogen-bond donors (Lipinski definition) is 1. The van der Waals surface area contributed by atoms with E-state index >= 15 is 0 Å². The molecule has 0 aromatic heterocycles. The third kappa shape index (κ3) is 4.57. The fourth-order valence-electron chi connectivity index (χ4n) is 0.983. The molecule has 1 unspecified atom stereocenters. The summed E-state index contributed by atoms with van der Waals surface area (Å²) < 4.78 is 0. The van der Waals surface area contributed by atoms with Gasteiger partial charge in [0.2, 0.25) is 0 Å². The first-order chi connectivity index (χ1) is 4.85. The predicted molar refractivity (Wildman–Crippen MR) is 47.2 cm³/mol. The van der Waals surface area contributed by atoms with Crippen LogP contribution in [-0.4, -0.2) is 12.6 Å². The molecule has 0 spiro atoms. The summed E-state index contributed by atoms with van der Waals surface area (Å²) in [6, 6.07) is 0.682. The fraction of sp³-hybridized carbons (Fsp3) is 0.778. The van der Waals surface area contributed by atoms with Gasteiger partial charge in [-0.15, -0.1) is 0 Å². The van der Waals surface area contributed by atoms with Gasteiger partial charge in [-0.1, -0.05) is 26.0 Å². The molecular formula is C9H19N. The van der Waals surface area contributed by atoms with Crippen molar-refractivity contribution in [3.05, 3.63) is 12.2 Å². The van der Waals surface area contributed by atoms with Crippen LogP contribution >= 0.6 is 0 Å². The lowest BCUT2D eigenvalue weighted by molar-refractivity contribution is 0.518. The molecule has 0 aliphatic rings. The van der Waals surface area contributed by atoms with Gasteiger partial charge in [0.15, 0.2) is 0 Å². The zero-order valence-electron chi connectivity index (χ0n) is 7.35. The summed E-state index contributed by atoms with van der Waals surface area (Å²) in [4.78, 5) is 0. The minimum Gasteiger partial charge on any atom is -0.314 e. The Morgan fingerprint density at radius 1 is 1.40 bits per heavy atom. The van der Waals surface area contributed by atoms with E-state index in [1.165, 1.54) is 12.8 Å². The molecule has 0 rings (SSSR count). The van der Waals surface area contributed by atoms with E-state index in [2.05, 4.69) is 38.2 Å². The Bertz CT molecular complexity index is 86.7. The Kier molecular flexibility index (Phi) is 6.61. The van der Waals surface area contributed by atoms with Crippen molar-refractivity contribution in [2.24, 2.45) is 0 Å². The van der Waals surface area contributed by atoms with E-state index in [0.717, 1.165) is 6.54 Å². The van der Waals surface area contributed by atoms with Crippen LogP contribution < -0.4 is 5.32 Å². The van der Waals surface area contributed by atoms with Crippen molar-refractivity contribution in [3.8, 4) is 0 Å². The molecule has 0 aliphatic heterocycles. The quantitative estimate of drug-likeness (QED) is 0.579. The molecule has 1 N–H and O–H groups in total. The van der Waals surface area contributed by atoms with Gasteiger partial charge in [0.25, 0.3) is 0 Å². The summed E-state index contributed by atoms with van der Waals surface area (Å²) in [6.45, 7) is 7.52. The molecule has 0 heterocycles. The van der Waals surface area contributed by atoms with Crippen molar-refractivity contribution in [3.63, 3.8) is 0 Å². The van der Waals surface area contributed by atoms with Gasteiger partial charge in [-0.25, -0.2) is 0 Å². The largest absolute Gasteiger partial charge is 0.314 e. The van der Waals surface area contributed by atoms with Crippen LogP contribution in [0, 0.1) is 0 Å². The maximum atomic E-state index is 3.42. The monoisotopic (exact) mass is 141 g/mol. The maximum absolute atomic E-state index is 3.42. The van der Waals surface area contributed by atoms with E-state index in [4.69, 9.17) is 0 Å². The normalized spacial score (nSPS) is 14.3. The molecule has 0 aromatic carbocycles. The summed E-state index contributed by atoms with van der Waals surface area (Å²) in [5.41, 5.74) is 0. The highest BCUT2D eigenvalue weighted by atomic mass is 14.9. The van der Waals surface area contributed by atoms with Crippen LogP contribution in [0.1, 0.15) is 33.6 Å². The van der Waals surface area contributed by atoms with Crippen molar-refractivity contribution in [1.82, 2.24) is 5.32 Å². The van der Waals surface area contributed by atoms with Crippen LogP contribution in [0.3, 0.4) is 0 Å². The molecular weight excluding hydrogens is 122 g/mol. The van der Waals surface area contributed by atoms with Gasteiger partial charge in [0.1, 0.15) is 0 Å². The first-order valence-electron chi connectivity index (χ1n) is 4.19. The molecule has 0 saturated carbocycles. The topological polar surface area (TPSA) is 12.0 Å². The number of allylic oxidation sites excluding steroid dienone is 1. The second kappa shape index (κ2) is 6.81. The molecule has 1 heteroatoms. The zero-order chi connectivity index (χ0) is 7.82. The van der Waals surface area contributed by atoms with E-state index in [0.29, 0.717) is 6.04 Å². The van der Waals surface area contributed by atoms with Gasteiger partial charge in [-0.3, -0.25) is 0 Å². The molecule has 0 saturated heterocycles. The molecule has 60 valence electrons. The summed E-state index contributed by atoms with van der Waals surface area (Å²) in [5.74, 6) is 0. The van der Waals surface area contributed by atoms with E-state index in [1.807, 2.05) is 0 Å². The van der Waals surface area contributed by atoms with Crippen LogP contribution in [0.2, 0.25) is 0 Å². The van der Waals surface area contributed by atoms with Gasteiger partial charge in [0, 0.05) is 6.04 Å². The van der Waals surface area contributed by atoms with Gasteiger partial charge in [-0.2, -0.15) is 0 Å². The van der Waals surface area contributed by atoms with E-state index < -0.39 is 0 Å². The molecule has 0 aromatic rings. The first kappa shape index (κ1) is 9.70. The minimum absolute atomic E-state index is 0.682. The fourth-order valence-corrected chi connectivity index (χ4v) is 0.983. The molecule has 0 amide bonds. The van der Waals surface area contributed by atoms with Gasteiger partial charge < -0.3 is 5.32 Å². The van der Waals surface area contributed by atoms with E-state index in [9.17, 15) is 0 Å². The second-order valence-electron chi connectivity index (χ2n) is 2.47. The summed E-state index contributed by atoms with van der Waals surface area (Å²) >= 11 is 0. The lowest BCUT2D eigenvalue weighted by atomic mass is 10.1. The highest BCUT2D eigenvalue weighted by Gasteiger charge is 1.98. The maximum Gasteiger partial charge on any atom is 0.00988 e. The molecule has 0 bridgehead atoms. The van der Waals surface area contributed by atoms with Gasteiger partial charge >= 0.3 is 0 Å². The Morgan fingerprint density at radius 2 is 2.10 bits per heavy atom. The minimum atomic E-state index is 0.682. The van der Waals surface area contributed by atoms with Crippen LogP contribution in [0.15, 0.2) is 12.2 Å². The Balaban J connectivity index is 3.39. The Morgan fingerprint density at radius 3 is 2.50 bits per heavy atom. The highest BCUT2D eigenvalue weighted by molar-refractivity contribution is 4.82. The predicted octanol–water partition coefficient (Wildman–Crippen LogP) is 2.34.